The highest BCUT2D eigenvalue weighted by Crippen LogP contribution is 2.28. The van der Waals surface area contributed by atoms with Crippen molar-refractivity contribution in [3.05, 3.63) is 52.0 Å². The highest BCUT2D eigenvalue weighted by atomic mass is 32.1. The van der Waals surface area contributed by atoms with Crippen molar-refractivity contribution in [2.45, 2.75) is 12.5 Å². The zero-order valence-corrected chi connectivity index (χ0v) is 11.3. The molecule has 0 fully saturated rings. The molecule has 1 N–H and O–H groups in total. The molecule has 0 saturated heterocycles. The minimum Gasteiger partial charge on any atom is -0.496 e. The van der Waals surface area contributed by atoms with Crippen LogP contribution >= 0.6 is 11.3 Å². The first-order valence-electron chi connectivity index (χ1n) is 5.77. The minimum absolute atomic E-state index is 0.181. The van der Waals surface area contributed by atoms with E-state index < -0.39 is 0 Å². The van der Waals surface area contributed by atoms with Crippen LogP contribution in [0.1, 0.15) is 16.5 Å². The predicted molar refractivity (Wildman–Crippen MR) is 72.8 cm³/mol. The Kier molecular flexibility index (Phi) is 4.33. The Bertz CT molecular complexity index is 512. The van der Waals surface area contributed by atoms with E-state index in [2.05, 4.69) is 5.32 Å². The molecule has 0 bridgehead atoms. The fraction of sp³-hybridized carbons (Fsp3) is 0.286. The van der Waals surface area contributed by atoms with Gasteiger partial charge in [-0.1, -0.05) is 12.1 Å². The Balaban J connectivity index is 2.14. The fourth-order valence-corrected chi connectivity index (χ4v) is 2.83. The van der Waals surface area contributed by atoms with E-state index >= 15 is 0 Å². The molecule has 0 radical (unpaired) electrons. The first-order chi connectivity index (χ1) is 8.72. The van der Waals surface area contributed by atoms with E-state index in [-0.39, 0.29) is 11.9 Å². The number of nitrogens with one attached hydrogen (secondary N) is 1. The van der Waals surface area contributed by atoms with Crippen molar-refractivity contribution in [1.29, 1.82) is 0 Å². The van der Waals surface area contributed by atoms with Gasteiger partial charge in [-0.15, -0.1) is 11.3 Å². The zero-order valence-electron chi connectivity index (χ0n) is 10.4. The van der Waals surface area contributed by atoms with E-state index in [4.69, 9.17) is 4.74 Å². The minimum atomic E-state index is -0.189. The third-order valence-corrected chi connectivity index (χ3v) is 3.88. The standard InChI is InChI=1S/C14H16FNOS/c1-16-13(14-8-12(17-2)9-18-14)7-10-4-3-5-11(15)6-10/h3-6,8-9,13,16H,7H2,1-2H3. The van der Waals surface area contributed by atoms with Crippen molar-refractivity contribution in [2.24, 2.45) is 0 Å². The summed E-state index contributed by atoms with van der Waals surface area (Å²) in [6.45, 7) is 0. The summed E-state index contributed by atoms with van der Waals surface area (Å²) in [4.78, 5) is 1.19. The zero-order chi connectivity index (χ0) is 13.0. The Labute approximate surface area is 110 Å². The Hall–Kier alpha value is -1.39. The molecule has 1 aromatic carbocycles. The summed E-state index contributed by atoms with van der Waals surface area (Å²) in [6.07, 6.45) is 0.762. The van der Waals surface area contributed by atoms with Crippen LogP contribution in [0.4, 0.5) is 4.39 Å². The summed E-state index contributed by atoms with van der Waals surface area (Å²) < 4.78 is 18.3. The monoisotopic (exact) mass is 265 g/mol. The summed E-state index contributed by atoms with van der Waals surface area (Å²) >= 11 is 1.65. The molecule has 0 aliphatic heterocycles. The number of benzene rings is 1. The van der Waals surface area contributed by atoms with E-state index in [0.717, 1.165) is 17.7 Å². The quantitative estimate of drug-likeness (QED) is 0.894. The molecule has 96 valence electrons. The summed E-state index contributed by atoms with van der Waals surface area (Å²) in [6, 6.07) is 8.93. The van der Waals surface area contributed by atoms with E-state index in [1.807, 2.05) is 24.6 Å². The summed E-state index contributed by atoms with van der Waals surface area (Å²) in [5.74, 6) is 0.681. The van der Waals surface area contributed by atoms with Crippen LogP contribution in [0.3, 0.4) is 0 Å². The molecule has 2 aromatic rings. The van der Waals surface area contributed by atoms with E-state index in [1.165, 1.54) is 10.9 Å². The Morgan fingerprint density at radius 3 is 2.83 bits per heavy atom. The first-order valence-corrected chi connectivity index (χ1v) is 6.65. The number of thiophene rings is 1. The molecule has 1 heterocycles. The van der Waals surface area contributed by atoms with Crippen molar-refractivity contribution >= 4 is 11.3 Å². The number of halogens is 1. The average Bonchev–Trinajstić information content (AvgIpc) is 2.84. The van der Waals surface area contributed by atoms with Crippen LogP contribution in [-0.4, -0.2) is 14.2 Å². The molecular formula is C14H16FNOS. The van der Waals surface area contributed by atoms with Crippen LogP contribution in [0, 0.1) is 5.82 Å². The molecule has 0 aliphatic rings. The predicted octanol–water partition coefficient (Wildman–Crippen LogP) is 3.40. The maximum absolute atomic E-state index is 13.1. The number of likely N-dealkylation sites (N-methyl/N-ethyl adjacent to an activating group) is 1. The molecule has 4 heteroatoms. The highest BCUT2D eigenvalue weighted by molar-refractivity contribution is 7.10. The summed E-state index contributed by atoms with van der Waals surface area (Å²) in [5, 5.41) is 5.23. The molecule has 0 amide bonds. The van der Waals surface area contributed by atoms with Gasteiger partial charge in [0, 0.05) is 16.3 Å². The topological polar surface area (TPSA) is 21.3 Å². The number of hydrogen-bond acceptors (Lipinski definition) is 3. The van der Waals surface area contributed by atoms with Crippen LogP contribution < -0.4 is 10.1 Å². The number of ether oxygens (including phenoxy) is 1. The second-order valence-corrected chi connectivity index (χ2v) is 5.01. The Morgan fingerprint density at radius 1 is 1.39 bits per heavy atom. The molecule has 1 atom stereocenters. The fourth-order valence-electron chi connectivity index (χ4n) is 1.87. The SMILES string of the molecule is CNC(Cc1cccc(F)c1)c1cc(OC)cs1. The molecule has 0 aliphatic carbocycles. The molecule has 18 heavy (non-hydrogen) atoms. The molecule has 0 spiro atoms. The van der Waals surface area contributed by atoms with Gasteiger partial charge in [0.1, 0.15) is 11.6 Å². The second kappa shape index (κ2) is 5.98. The van der Waals surface area contributed by atoms with Crippen LogP contribution in [0.2, 0.25) is 0 Å². The van der Waals surface area contributed by atoms with Crippen molar-refractivity contribution < 1.29 is 9.13 Å². The normalized spacial score (nSPS) is 12.4. The van der Waals surface area contributed by atoms with Crippen molar-refractivity contribution in [1.82, 2.24) is 5.32 Å². The molecule has 2 rings (SSSR count). The van der Waals surface area contributed by atoms with Crippen LogP contribution in [0.15, 0.2) is 35.7 Å². The van der Waals surface area contributed by atoms with Gasteiger partial charge in [-0.25, -0.2) is 4.39 Å². The smallest absolute Gasteiger partial charge is 0.129 e. The number of methoxy groups -OCH3 is 1. The molecular weight excluding hydrogens is 249 g/mol. The van der Waals surface area contributed by atoms with Gasteiger partial charge in [0.2, 0.25) is 0 Å². The maximum Gasteiger partial charge on any atom is 0.129 e. The lowest BCUT2D eigenvalue weighted by atomic mass is 10.0. The molecule has 1 unspecified atom stereocenters. The van der Waals surface area contributed by atoms with Gasteiger partial charge < -0.3 is 10.1 Å². The highest BCUT2D eigenvalue weighted by Gasteiger charge is 2.13. The summed E-state index contributed by atoms with van der Waals surface area (Å²) in [5.41, 5.74) is 0.988. The van der Waals surface area contributed by atoms with Crippen molar-refractivity contribution in [2.75, 3.05) is 14.2 Å². The first kappa shape index (κ1) is 13.1. The maximum atomic E-state index is 13.1. The average molecular weight is 265 g/mol. The van der Waals surface area contributed by atoms with Gasteiger partial charge in [0.25, 0.3) is 0 Å². The lowest BCUT2D eigenvalue weighted by Crippen LogP contribution is -2.17. The van der Waals surface area contributed by atoms with Crippen molar-refractivity contribution in [3.63, 3.8) is 0 Å². The Morgan fingerprint density at radius 2 is 2.22 bits per heavy atom. The molecule has 2 nitrogen and oxygen atoms in total. The largest absolute Gasteiger partial charge is 0.496 e. The number of hydrogen-bond donors (Lipinski definition) is 1. The van der Waals surface area contributed by atoms with Gasteiger partial charge in [-0.05, 0) is 37.2 Å². The van der Waals surface area contributed by atoms with E-state index in [1.54, 1.807) is 30.6 Å². The van der Waals surface area contributed by atoms with Crippen LogP contribution in [-0.2, 0) is 6.42 Å². The van der Waals surface area contributed by atoms with Crippen LogP contribution in [0.25, 0.3) is 0 Å². The lowest BCUT2D eigenvalue weighted by Gasteiger charge is -2.14. The van der Waals surface area contributed by atoms with E-state index in [9.17, 15) is 4.39 Å². The molecule has 1 aromatic heterocycles. The van der Waals surface area contributed by atoms with Gasteiger partial charge in [0.05, 0.1) is 7.11 Å². The summed E-state index contributed by atoms with van der Waals surface area (Å²) in [7, 11) is 3.57. The third kappa shape index (κ3) is 3.09. The van der Waals surface area contributed by atoms with Gasteiger partial charge in [-0.2, -0.15) is 0 Å². The van der Waals surface area contributed by atoms with E-state index in [0.29, 0.717) is 0 Å². The van der Waals surface area contributed by atoms with Gasteiger partial charge in [0.15, 0.2) is 0 Å². The number of rotatable bonds is 5. The third-order valence-electron chi connectivity index (χ3n) is 2.85. The van der Waals surface area contributed by atoms with Gasteiger partial charge >= 0.3 is 0 Å². The van der Waals surface area contributed by atoms with Crippen molar-refractivity contribution in [3.8, 4) is 5.75 Å². The molecule has 0 saturated carbocycles. The lowest BCUT2D eigenvalue weighted by molar-refractivity contribution is 0.416. The van der Waals surface area contributed by atoms with Crippen LogP contribution in [0.5, 0.6) is 5.75 Å². The van der Waals surface area contributed by atoms with Gasteiger partial charge in [-0.3, -0.25) is 0 Å². The second-order valence-electron chi connectivity index (χ2n) is 4.06.